The fourth-order valence-electron chi connectivity index (χ4n) is 11.5. The van der Waals surface area contributed by atoms with Gasteiger partial charge in [0.15, 0.2) is 0 Å². The third kappa shape index (κ3) is 6.94. The molecule has 0 amide bonds. The second-order valence-electron chi connectivity index (χ2n) is 19.9. The van der Waals surface area contributed by atoms with E-state index >= 15 is 0 Å². The molecule has 12 aromatic rings. The van der Waals surface area contributed by atoms with Gasteiger partial charge in [0, 0.05) is 56.1 Å². The Kier molecular flexibility index (Phi) is 10.4. The number of aromatic nitrogens is 4. The first-order valence-electron chi connectivity index (χ1n) is 24.4. The Balaban J connectivity index is 0.00000504. The number of hydrogen-bond acceptors (Lipinski definition) is 2. The summed E-state index contributed by atoms with van der Waals surface area (Å²) >= 11 is 0. The number of rotatable bonds is 7. The average Bonchev–Trinajstić information content (AvgIpc) is 3.95. The second-order valence-corrected chi connectivity index (χ2v) is 19.9. The van der Waals surface area contributed by atoms with E-state index in [-0.39, 0.29) is 38.3 Å². The summed E-state index contributed by atoms with van der Waals surface area (Å²) in [7, 11) is 0. The molecule has 2 bridgehead atoms. The molecule has 0 unspecified atom stereocenters. The Morgan fingerprint density at radius 1 is 0.514 bits per heavy atom. The normalized spacial score (nSPS) is 14.5. The molecule has 0 aliphatic heterocycles. The van der Waals surface area contributed by atoms with Crippen LogP contribution in [0.5, 0.6) is 11.5 Å². The summed E-state index contributed by atoms with van der Waals surface area (Å²) in [5, 5.41) is 2.27. The van der Waals surface area contributed by atoms with E-state index in [0.717, 1.165) is 66.9 Å². The molecule has 0 atom stereocenters. The largest absolute Gasteiger partial charge is 0.510 e. The fourth-order valence-corrected chi connectivity index (χ4v) is 11.5. The molecule has 348 valence electrons. The van der Waals surface area contributed by atoms with Gasteiger partial charge in [-0.3, -0.25) is 4.57 Å². The van der Waals surface area contributed by atoms with Crippen molar-refractivity contribution in [3.63, 3.8) is 0 Å². The van der Waals surface area contributed by atoms with Crippen molar-refractivity contribution in [1.82, 2.24) is 14.1 Å². The van der Waals surface area contributed by atoms with E-state index in [9.17, 15) is 0 Å². The molecule has 0 saturated heterocycles. The Morgan fingerprint density at radius 3 is 1.75 bits per heavy atom. The number of benzene rings is 9. The van der Waals surface area contributed by atoms with Gasteiger partial charge in [0.05, 0.1) is 16.7 Å². The maximum absolute atomic E-state index is 6.82. The van der Waals surface area contributed by atoms with Crippen LogP contribution in [0.2, 0.25) is 0 Å². The molecule has 5 nitrogen and oxygen atoms in total. The van der Waals surface area contributed by atoms with Crippen LogP contribution in [0.15, 0.2) is 212 Å². The molecule has 3 aliphatic rings. The Bertz CT molecular complexity index is 3980. The van der Waals surface area contributed by atoms with Crippen LogP contribution >= 0.6 is 0 Å². The summed E-state index contributed by atoms with van der Waals surface area (Å²) in [6.45, 7) is 6.76. The molecule has 3 aliphatic carbocycles. The fraction of sp³-hybridized carbons (Fsp3) is 0.0909. The Morgan fingerprint density at radius 2 is 1.10 bits per heavy atom. The summed E-state index contributed by atoms with van der Waals surface area (Å²) in [5.41, 5.74) is 19.9. The maximum Gasteiger partial charge on any atom is 0.268 e. The van der Waals surface area contributed by atoms with Gasteiger partial charge < -0.3 is 13.9 Å². The van der Waals surface area contributed by atoms with Gasteiger partial charge in [-0.05, 0) is 95.9 Å². The van der Waals surface area contributed by atoms with Gasteiger partial charge in [0.25, 0.3) is 6.33 Å². The van der Waals surface area contributed by atoms with E-state index < -0.39 is 0 Å². The summed E-state index contributed by atoms with van der Waals surface area (Å²) in [5.74, 6) is 2.33. The Labute approximate surface area is 433 Å². The molecule has 0 radical (unpaired) electrons. The van der Waals surface area contributed by atoms with Crippen molar-refractivity contribution in [1.29, 1.82) is 0 Å². The van der Waals surface area contributed by atoms with Gasteiger partial charge in [-0.2, -0.15) is 18.2 Å². The predicted molar refractivity (Wildman–Crippen MR) is 284 cm³/mol. The van der Waals surface area contributed by atoms with Crippen molar-refractivity contribution < 1.29 is 30.4 Å². The van der Waals surface area contributed by atoms with Gasteiger partial charge in [-0.25, -0.2) is 4.98 Å². The van der Waals surface area contributed by atoms with Crippen molar-refractivity contribution in [2.75, 3.05) is 0 Å². The van der Waals surface area contributed by atoms with Gasteiger partial charge >= 0.3 is 0 Å². The maximum atomic E-state index is 6.82. The number of pyridine rings is 1. The van der Waals surface area contributed by atoms with Gasteiger partial charge in [-0.1, -0.05) is 184 Å². The van der Waals surface area contributed by atoms with Crippen molar-refractivity contribution in [2.24, 2.45) is 0 Å². The van der Waals surface area contributed by atoms with Crippen molar-refractivity contribution >= 4 is 32.8 Å². The molecule has 6 heteroatoms. The molecular formula is C66H46N4OPt-2. The van der Waals surface area contributed by atoms with E-state index in [2.05, 4.69) is 241 Å². The minimum absolute atomic E-state index is 0. The molecule has 15 rings (SSSR count). The van der Waals surface area contributed by atoms with Crippen LogP contribution in [0.3, 0.4) is 0 Å². The van der Waals surface area contributed by atoms with E-state index in [1.807, 2.05) is 24.4 Å². The molecule has 0 N–H and O–H groups in total. The summed E-state index contributed by atoms with van der Waals surface area (Å²) in [4.78, 5) is 5.07. The minimum Gasteiger partial charge on any atom is -0.510 e. The molecule has 0 spiro atoms. The summed E-state index contributed by atoms with van der Waals surface area (Å²) in [6.07, 6.45) is 5.73. The summed E-state index contributed by atoms with van der Waals surface area (Å²) in [6, 6.07) is 81.2. The average molecular weight is 1110 g/mol. The smallest absolute Gasteiger partial charge is 0.268 e. The van der Waals surface area contributed by atoms with Gasteiger partial charge in [0.1, 0.15) is 5.82 Å². The first kappa shape index (κ1) is 43.9. The zero-order valence-corrected chi connectivity index (χ0v) is 42.1. The van der Waals surface area contributed by atoms with Crippen LogP contribution < -0.4 is 9.30 Å². The van der Waals surface area contributed by atoms with E-state index in [4.69, 9.17) is 9.72 Å². The molecule has 0 saturated carbocycles. The monoisotopic (exact) mass is 1110 g/mol. The van der Waals surface area contributed by atoms with Gasteiger partial charge in [-0.15, -0.1) is 29.7 Å². The molecule has 72 heavy (non-hydrogen) atoms. The molecular weight excluding hydrogens is 1060 g/mol. The first-order chi connectivity index (χ1) is 34.9. The summed E-state index contributed by atoms with van der Waals surface area (Å²) < 4.78 is 13.4. The predicted octanol–water partition coefficient (Wildman–Crippen LogP) is 15.2. The first-order valence-corrected chi connectivity index (χ1v) is 24.4. The Hall–Kier alpha value is -8.11. The molecule has 3 heterocycles. The van der Waals surface area contributed by atoms with Crippen LogP contribution in [0.4, 0.5) is 0 Å². The zero-order chi connectivity index (χ0) is 47.4. The van der Waals surface area contributed by atoms with Crippen molar-refractivity contribution in [3.8, 4) is 50.9 Å². The minimum atomic E-state index is -0.0712. The number of fused-ring (bicyclic) bond motifs is 4. The third-order valence-electron chi connectivity index (χ3n) is 14.8. The quantitative estimate of drug-likeness (QED) is 0.118. The van der Waals surface area contributed by atoms with Crippen LogP contribution in [-0.4, -0.2) is 14.1 Å². The van der Waals surface area contributed by atoms with Gasteiger partial charge in [0.2, 0.25) is 0 Å². The number of imidazole rings is 1. The van der Waals surface area contributed by atoms with Crippen LogP contribution in [-0.2, 0) is 26.5 Å². The van der Waals surface area contributed by atoms with E-state index in [1.54, 1.807) is 0 Å². The zero-order valence-electron chi connectivity index (χ0n) is 39.9. The molecule has 9 aromatic carbocycles. The second kappa shape index (κ2) is 17.0. The number of nitrogens with zero attached hydrogens (tertiary/aromatic N) is 4. The molecule has 0 fully saturated rings. The van der Waals surface area contributed by atoms with Crippen molar-refractivity contribution in [2.45, 2.75) is 38.0 Å². The SMILES string of the molecule is CC(C)(C)c1ccnc(-n2c3[c-]c(Oc4[c-]c(-[n+]5[c-]n(-c6c(-c7ccccc7)cccc6-c6ccccc6)c6ccccc65)ccc4)ccc3c3cc4c(cc32)C2c3ccccc3C4c3ccccc32)c1.[Pt]. The van der Waals surface area contributed by atoms with E-state index in [1.165, 1.54) is 44.3 Å². The standard InChI is InChI=1S/C66H46N4O.Pt/c1-66(2,3)44-34-35-67-62(36-44)70-60-38-47(32-33-50(60)55-39-56-57(40-61(55)70)64-53-26-12-10-24-51(53)63(56)52-25-11-13-27-54(52)64)71-46-23-16-22-45(37-46)68-41-69(59-31-15-14-30-58(59)68)65-48(42-18-6-4-7-19-42)28-17-29-49(65)43-20-8-5-9-21-43;/h4-36,39-40,63-64H,1-3H3;/q-2;. The van der Waals surface area contributed by atoms with Crippen LogP contribution in [0, 0.1) is 18.5 Å². The number of para-hydroxylation sites is 3. The van der Waals surface area contributed by atoms with Crippen LogP contribution in [0.1, 0.15) is 71.6 Å². The number of ether oxygens (including phenoxy) is 1. The number of hydrogen-bond donors (Lipinski definition) is 0. The third-order valence-corrected chi connectivity index (χ3v) is 14.8. The van der Waals surface area contributed by atoms with E-state index in [0.29, 0.717) is 11.5 Å². The van der Waals surface area contributed by atoms with Crippen LogP contribution in [0.25, 0.3) is 72.3 Å². The molecule has 3 aromatic heterocycles. The topological polar surface area (TPSA) is 35.9 Å². The van der Waals surface area contributed by atoms with Crippen molar-refractivity contribution in [3.05, 3.63) is 270 Å².